The van der Waals surface area contributed by atoms with E-state index in [0.29, 0.717) is 41.1 Å². The fraction of sp³-hybridized carbons (Fsp3) is 0.360. The van der Waals surface area contributed by atoms with Crippen LogP contribution in [0.1, 0.15) is 53.6 Å². The third-order valence-electron chi connectivity index (χ3n) is 7.68. The van der Waals surface area contributed by atoms with Gasteiger partial charge in [0.2, 0.25) is 5.82 Å². The average molecular weight is 549 g/mol. The van der Waals surface area contributed by atoms with Crippen molar-refractivity contribution in [1.82, 2.24) is 45.0 Å². The average Bonchev–Trinajstić information content (AvgIpc) is 3.65. The summed E-state index contributed by atoms with van der Waals surface area (Å²) in [4.78, 5) is 28.3. The highest BCUT2D eigenvalue weighted by Gasteiger charge is 2.46. The number of nitrogen functional groups attached to an aromatic ring is 1. The van der Waals surface area contributed by atoms with Crippen LogP contribution in [0, 0.1) is 0 Å². The van der Waals surface area contributed by atoms with Crippen LogP contribution in [-0.2, 0) is 9.84 Å². The molecule has 4 aromatic heterocycles. The van der Waals surface area contributed by atoms with Gasteiger partial charge in [-0.05, 0) is 31.7 Å². The number of hydrogen-bond donors (Lipinski definition) is 3. The van der Waals surface area contributed by atoms with Gasteiger partial charge in [-0.25, -0.2) is 18.4 Å². The van der Waals surface area contributed by atoms with Crippen molar-refractivity contribution >= 4 is 32.9 Å². The molecular formula is C25H28N10O3S. The maximum absolute atomic E-state index is 13.1. The maximum atomic E-state index is 13.1. The lowest BCUT2D eigenvalue weighted by molar-refractivity contribution is 0.0556. The van der Waals surface area contributed by atoms with E-state index in [1.54, 1.807) is 19.4 Å². The monoisotopic (exact) mass is 548 g/mol. The van der Waals surface area contributed by atoms with Crippen LogP contribution >= 0.6 is 0 Å². The fourth-order valence-corrected chi connectivity index (χ4v) is 6.96. The number of H-pyrrole nitrogens is 1. The second kappa shape index (κ2) is 9.15. The molecule has 1 amide bonds. The van der Waals surface area contributed by atoms with E-state index in [1.807, 2.05) is 17.0 Å². The lowest BCUT2D eigenvalue weighted by Crippen LogP contribution is -2.46. The number of rotatable bonds is 6. The summed E-state index contributed by atoms with van der Waals surface area (Å²) >= 11 is 0. The van der Waals surface area contributed by atoms with E-state index < -0.39 is 9.84 Å². The number of aromatic amines is 1. The molecule has 2 saturated heterocycles. The van der Waals surface area contributed by atoms with Crippen molar-refractivity contribution in [2.75, 3.05) is 19.0 Å². The zero-order valence-corrected chi connectivity index (χ0v) is 22.3. The van der Waals surface area contributed by atoms with Crippen molar-refractivity contribution in [3.8, 4) is 11.1 Å². The predicted octanol–water partition coefficient (Wildman–Crippen LogP) is 1.64. The molecule has 0 saturated carbocycles. The molecule has 2 aliphatic rings. The number of nitrogens with two attached hydrogens (primary N) is 1. The summed E-state index contributed by atoms with van der Waals surface area (Å²) in [6.07, 6.45) is 8.57. The van der Waals surface area contributed by atoms with Gasteiger partial charge in [-0.2, -0.15) is 9.61 Å². The van der Waals surface area contributed by atoms with E-state index in [-0.39, 0.29) is 40.4 Å². The van der Waals surface area contributed by atoms with Crippen LogP contribution in [0.3, 0.4) is 0 Å². The molecule has 0 radical (unpaired) electrons. The SMILES string of the molecule is C=C(NC)c1ccc(-c2cnn3c(N)c(S(C)(=O)=O)c([C@@H]4C[C@H]5CC[C@@H](C4)N5C(=O)c4nc[nH]n4)nc23)cn1. The molecule has 3 atom stereocenters. The van der Waals surface area contributed by atoms with E-state index >= 15 is 0 Å². The number of nitrogens with zero attached hydrogens (tertiary/aromatic N) is 7. The molecule has 2 aliphatic heterocycles. The van der Waals surface area contributed by atoms with Gasteiger partial charge in [-0.15, -0.1) is 5.10 Å². The number of amides is 1. The zero-order chi connectivity index (χ0) is 27.5. The van der Waals surface area contributed by atoms with Gasteiger partial charge < -0.3 is 16.0 Å². The molecule has 6 rings (SSSR count). The van der Waals surface area contributed by atoms with Crippen LogP contribution in [-0.4, -0.2) is 79.4 Å². The van der Waals surface area contributed by atoms with Crippen LogP contribution < -0.4 is 11.1 Å². The molecule has 14 heteroatoms. The Labute approximate surface area is 224 Å². The van der Waals surface area contributed by atoms with Crippen molar-refractivity contribution in [2.45, 2.75) is 48.6 Å². The smallest absolute Gasteiger partial charge is 0.294 e. The number of hydrogen-bond acceptors (Lipinski definition) is 10. The molecule has 4 N–H and O–H groups in total. The third kappa shape index (κ3) is 4.11. The third-order valence-corrected chi connectivity index (χ3v) is 8.84. The van der Waals surface area contributed by atoms with Crippen LogP contribution in [0.25, 0.3) is 22.5 Å². The van der Waals surface area contributed by atoms with Gasteiger partial charge in [0.15, 0.2) is 15.5 Å². The first-order valence-electron chi connectivity index (χ1n) is 12.6. The van der Waals surface area contributed by atoms with Gasteiger partial charge in [-0.1, -0.05) is 12.6 Å². The Hall–Kier alpha value is -4.33. The molecule has 202 valence electrons. The van der Waals surface area contributed by atoms with Crippen LogP contribution in [0.2, 0.25) is 0 Å². The Morgan fingerprint density at radius 2 is 1.92 bits per heavy atom. The van der Waals surface area contributed by atoms with Crippen molar-refractivity contribution in [1.29, 1.82) is 0 Å². The minimum absolute atomic E-state index is 0.0124. The van der Waals surface area contributed by atoms with Gasteiger partial charge in [-0.3, -0.25) is 14.9 Å². The van der Waals surface area contributed by atoms with E-state index in [4.69, 9.17) is 10.7 Å². The molecule has 0 aromatic carbocycles. The Kier molecular flexibility index (Phi) is 5.86. The first-order valence-corrected chi connectivity index (χ1v) is 14.5. The zero-order valence-electron chi connectivity index (χ0n) is 21.5. The summed E-state index contributed by atoms with van der Waals surface area (Å²) < 4.78 is 27.4. The molecular weight excluding hydrogens is 520 g/mol. The molecule has 0 aliphatic carbocycles. The first-order chi connectivity index (χ1) is 18.7. The minimum atomic E-state index is -3.74. The first kappa shape index (κ1) is 25.0. The number of carbonyl (C=O) groups excluding carboxylic acids is 1. The Bertz CT molecular complexity index is 1680. The maximum Gasteiger partial charge on any atom is 0.294 e. The second-order valence-corrected chi connectivity index (χ2v) is 12.0. The summed E-state index contributed by atoms with van der Waals surface area (Å²) in [5.41, 5.74) is 10.2. The summed E-state index contributed by atoms with van der Waals surface area (Å²) in [5.74, 6) is -0.280. The van der Waals surface area contributed by atoms with Crippen molar-refractivity contribution in [3.63, 3.8) is 0 Å². The molecule has 13 nitrogen and oxygen atoms in total. The summed E-state index contributed by atoms with van der Waals surface area (Å²) in [6, 6.07) is 3.57. The Balaban J connectivity index is 1.42. The normalized spacial score (nSPS) is 20.9. The highest BCUT2D eigenvalue weighted by atomic mass is 32.2. The van der Waals surface area contributed by atoms with Crippen LogP contribution in [0.5, 0.6) is 0 Å². The molecule has 2 fully saturated rings. The van der Waals surface area contributed by atoms with Crippen molar-refractivity contribution in [3.05, 3.63) is 54.6 Å². The lowest BCUT2D eigenvalue weighted by atomic mass is 9.87. The number of carbonyl (C=O) groups is 1. The number of pyridine rings is 1. The number of piperidine rings is 1. The molecule has 39 heavy (non-hydrogen) atoms. The van der Waals surface area contributed by atoms with Gasteiger partial charge in [0, 0.05) is 48.6 Å². The van der Waals surface area contributed by atoms with E-state index in [2.05, 4.69) is 37.2 Å². The van der Waals surface area contributed by atoms with E-state index in [1.165, 1.54) is 10.8 Å². The second-order valence-electron chi connectivity index (χ2n) is 10.0. The standard InChI is InChI=1S/C25H28N10O3S/c1-13(27-2)19-7-4-14(10-28-19)18-11-31-35-22(26)21(39(3,37)38)20(32-24(18)35)15-8-16-5-6-17(9-15)34(16)25(36)23-29-12-30-33-23/h4,7,10-12,15-17,27H,1,5-6,8-9,26H2,2-3H3,(H,29,30,33)/t15-,16-,17+. The molecule has 6 heterocycles. The molecule has 0 spiro atoms. The number of nitrogens with one attached hydrogen (secondary N) is 2. The summed E-state index contributed by atoms with van der Waals surface area (Å²) in [5, 5.41) is 13.9. The van der Waals surface area contributed by atoms with Gasteiger partial charge in [0.05, 0.1) is 23.3 Å². The van der Waals surface area contributed by atoms with Gasteiger partial charge in [0.1, 0.15) is 17.0 Å². The number of aromatic nitrogens is 7. The number of sulfone groups is 1. The highest BCUT2D eigenvalue weighted by molar-refractivity contribution is 7.91. The lowest BCUT2D eigenvalue weighted by Gasteiger charge is -2.38. The Morgan fingerprint density at radius 3 is 2.51 bits per heavy atom. The van der Waals surface area contributed by atoms with Crippen molar-refractivity contribution < 1.29 is 13.2 Å². The quantitative estimate of drug-likeness (QED) is 0.321. The Morgan fingerprint density at radius 1 is 1.18 bits per heavy atom. The van der Waals surface area contributed by atoms with E-state index in [9.17, 15) is 13.2 Å². The largest absolute Gasteiger partial charge is 0.387 e. The number of fused-ring (bicyclic) bond motifs is 3. The van der Waals surface area contributed by atoms with Gasteiger partial charge >= 0.3 is 0 Å². The molecule has 0 unspecified atom stereocenters. The van der Waals surface area contributed by atoms with E-state index in [0.717, 1.165) is 24.7 Å². The fourth-order valence-electron chi connectivity index (χ4n) is 5.90. The summed E-state index contributed by atoms with van der Waals surface area (Å²) in [6.45, 7) is 3.93. The molecule has 2 bridgehead atoms. The summed E-state index contributed by atoms with van der Waals surface area (Å²) in [7, 11) is -1.97. The van der Waals surface area contributed by atoms with Crippen LogP contribution in [0.4, 0.5) is 5.82 Å². The van der Waals surface area contributed by atoms with Gasteiger partial charge in [0.25, 0.3) is 5.91 Å². The molecule has 4 aromatic rings. The highest BCUT2D eigenvalue weighted by Crippen LogP contribution is 2.45. The minimum Gasteiger partial charge on any atom is -0.387 e. The predicted molar refractivity (Wildman–Crippen MR) is 143 cm³/mol. The topological polar surface area (TPSA) is 177 Å². The van der Waals surface area contributed by atoms with Crippen molar-refractivity contribution in [2.24, 2.45) is 0 Å². The van der Waals surface area contributed by atoms with Crippen LogP contribution in [0.15, 0.2) is 42.3 Å². The number of anilines is 1.